The molecule has 0 amide bonds. The summed E-state index contributed by atoms with van der Waals surface area (Å²) in [4.78, 5) is 0. The second kappa shape index (κ2) is 6.58. The van der Waals surface area contributed by atoms with Crippen LogP contribution in [0.1, 0.15) is 36.6 Å². The number of nitrogens with two attached hydrogens (primary N) is 1. The van der Waals surface area contributed by atoms with E-state index in [4.69, 9.17) is 5.73 Å². The molecule has 1 heterocycles. The SMILES string of the molecule is CCCCn1nc(Cc2ccc(Br)cc2)c(C#N)c1N. The number of aromatic nitrogens is 2. The van der Waals surface area contributed by atoms with Crippen molar-refractivity contribution in [2.24, 2.45) is 0 Å². The van der Waals surface area contributed by atoms with Crippen molar-refractivity contribution in [3.63, 3.8) is 0 Å². The molecule has 1 aromatic carbocycles. The lowest BCUT2D eigenvalue weighted by atomic mass is 10.1. The third-order valence-corrected chi connectivity index (χ3v) is 3.71. The molecule has 0 radical (unpaired) electrons. The Morgan fingerprint density at radius 3 is 2.65 bits per heavy atom. The number of hydrogen-bond donors (Lipinski definition) is 1. The Bertz CT molecular complexity index is 623. The monoisotopic (exact) mass is 332 g/mol. The molecule has 104 valence electrons. The Hall–Kier alpha value is -1.80. The maximum atomic E-state index is 9.27. The summed E-state index contributed by atoms with van der Waals surface area (Å²) in [5, 5.41) is 13.8. The fraction of sp³-hybridized carbons (Fsp3) is 0.333. The van der Waals surface area contributed by atoms with Gasteiger partial charge in [0.1, 0.15) is 17.5 Å². The van der Waals surface area contributed by atoms with E-state index in [2.05, 4.69) is 34.0 Å². The minimum atomic E-state index is 0.480. The molecule has 0 fully saturated rings. The molecule has 20 heavy (non-hydrogen) atoms. The van der Waals surface area contributed by atoms with Gasteiger partial charge in [-0.2, -0.15) is 10.4 Å². The first kappa shape index (κ1) is 14.6. The Balaban J connectivity index is 2.27. The zero-order valence-electron chi connectivity index (χ0n) is 11.4. The lowest BCUT2D eigenvalue weighted by molar-refractivity contribution is 0.573. The smallest absolute Gasteiger partial charge is 0.140 e. The summed E-state index contributed by atoms with van der Waals surface area (Å²) in [7, 11) is 0. The van der Waals surface area contributed by atoms with E-state index < -0.39 is 0 Å². The van der Waals surface area contributed by atoms with Gasteiger partial charge in [0.05, 0.1) is 5.69 Å². The first-order valence-electron chi connectivity index (χ1n) is 6.65. The van der Waals surface area contributed by atoms with Crippen molar-refractivity contribution in [3.05, 3.63) is 45.6 Å². The van der Waals surface area contributed by atoms with Crippen LogP contribution in [0, 0.1) is 11.3 Å². The molecule has 0 aliphatic rings. The normalized spacial score (nSPS) is 10.4. The van der Waals surface area contributed by atoms with Crippen molar-refractivity contribution in [1.29, 1.82) is 5.26 Å². The molecule has 1 aromatic heterocycles. The Labute approximate surface area is 127 Å². The van der Waals surface area contributed by atoms with Crippen molar-refractivity contribution >= 4 is 21.7 Å². The van der Waals surface area contributed by atoms with Gasteiger partial charge in [-0.3, -0.25) is 0 Å². The van der Waals surface area contributed by atoms with Crippen molar-refractivity contribution in [2.75, 3.05) is 5.73 Å². The topological polar surface area (TPSA) is 67.6 Å². The van der Waals surface area contributed by atoms with E-state index in [0.29, 0.717) is 17.8 Å². The van der Waals surface area contributed by atoms with Gasteiger partial charge in [0.15, 0.2) is 0 Å². The van der Waals surface area contributed by atoms with Gasteiger partial charge in [-0.25, -0.2) is 4.68 Å². The number of nitriles is 1. The number of hydrogen-bond acceptors (Lipinski definition) is 3. The summed E-state index contributed by atoms with van der Waals surface area (Å²) in [5.74, 6) is 0.480. The predicted octanol–water partition coefficient (Wildman–Crippen LogP) is 3.49. The number of benzene rings is 1. The highest BCUT2D eigenvalue weighted by Crippen LogP contribution is 2.20. The van der Waals surface area contributed by atoms with Crippen LogP contribution < -0.4 is 5.73 Å². The van der Waals surface area contributed by atoms with E-state index in [0.717, 1.165) is 35.1 Å². The van der Waals surface area contributed by atoms with E-state index in [1.54, 1.807) is 4.68 Å². The fourth-order valence-corrected chi connectivity index (χ4v) is 2.31. The van der Waals surface area contributed by atoms with Crippen LogP contribution in [0.2, 0.25) is 0 Å². The summed E-state index contributed by atoms with van der Waals surface area (Å²) in [5.41, 5.74) is 8.38. The summed E-state index contributed by atoms with van der Waals surface area (Å²) < 4.78 is 2.78. The standard InChI is InChI=1S/C15H17BrN4/c1-2-3-8-20-15(18)13(10-17)14(19-20)9-11-4-6-12(16)7-5-11/h4-7H,2-3,8-9,18H2,1H3. The molecular formula is C15H17BrN4. The van der Waals surface area contributed by atoms with Crippen molar-refractivity contribution in [1.82, 2.24) is 9.78 Å². The van der Waals surface area contributed by atoms with Crippen molar-refractivity contribution in [2.45, 2.75) is 32.7 Å². The molecule has 0 spiro atoms. The van der Waals surface area contributed by atoms with Crippen LogP contribution in [-0.2, 0) is 13.0 Å². The van der Waals surface area contributed by atoms with Gasteiger partial charge in [0.2, 0.25) is 0 Å². The zero-order valence-corrected chi connectivity index (χ0v) is 13.0. The van der Waals surface area contributed by atoms with E-state index >= 15 is 0 Å². The molecule has 2 N–H and O–H groups in total. The highest BCUT2D eigenvalue weighted by atomic mass is 79.9. The van der Waals surface area contributed by atoms with Gasteiger partial charge >= 0.3 is 0 Å². The van der Waals surface area contributed by atoms with Gasteiger partial charge in [-0.1, -0.05) is 41.4 Å². The Morgan fingerprint density at radius 1 is 1.35 bits per heavy atom. The number of aryl methyl sites for hydroxylation is 1. The van der Waals surface area contributed by atoms with Gasteiger partial charge in [-0.15, -0.1) is 0 Å². The minimum absolute atomic E-state index is 0.480. The maximum absolute atomic E-state index is 9.27. The average Bonchev–Trinajstić information content (AvgIpc) is 2.74. The fourth-order valence-electron chi connectivity index (χ4n) is 2.05. The maximum Gasteiger partial charge on any atom is 0.140 e. The molecule has 0 unspecified atom stereocenters. The number of unbranched alkanes of at least 4 members (excludes halogenated alkanes) is 1. The first-order valence-corrected chi connectivity index (χ1v) is 7.44. The third kappa shape index (κ3) is 3.20. The average molecular weight is 333 g/mol. The van der Waals surface area contributed by atoms with Crippen LogP contribution in [0.4, 0.5) is 5.82 Å². The van der Waals surface area contributed by atoms with Crippen LogP contribution in [0.25, 0.3) is 0 Å². The second-order valence-electron chi connectivity index (χ2n) is 4.70. The van der Waals surface area contributed by atoms with E-state index in [1.807, 2.05) is 24.3 Å². The molecule has 0 aliphatic carbocycles. The number of halogens is 1. The lowest BCUT2D eigenvalue weighted by Crippen LogP contribution is -2.05. The Kier molecular flexibility index (Phi) is 4.80. The number of nitrogens with zero attached hydrogens (tertiary/aromatic N) is 3. The number of nitrogen functional groups attached to an aromatic ring is 1. The first-order chi connectivity index (χ1) is 9.65. The molecule has 5 heteroatoms. The van der Waals surface area contributed by atoms with Crippen molar-refractivity contribution in [3.8, 4) is 6.07 Å². The summed E-state index contributed by atoms with van der Waals surface area (Å²) >= 11 is 3.41. The Morgan fingerprint density at radius 2 is 2.05 bits per heavy atom. The number of rotatable bonds is 5. The lowest BCUT2D eigenvalue weighted by Gasteiger charge is -2.01. The molecule has 0 aliphatic heterocycles. The molecule has 2 aromatic rings. The molecule has 0 atom stereocenters. The van der Waals surface area contributed by atoms with Crippen LogP contribution in [0.15, 0.2) is 28.7 Å². The minimum Gasteiger partial charge on any atom is -0.383 e. The highest BCUT2D eigenvalue weighted by molar-refractivity contribution is 9.10. The summed E-state index contributed by atoms with van der Waals surface area (Å²) in [6, 6.07) is 10.2. The van der Waals surface area contributed by atoms with E-state index in [-0.39, 0.29) is 0 Å². The molecule has 0 saturated heterocycles. The van der Waals surface area contributed by atoms with Gasteiger partial charge < -0.3 is 5.73 Å². The van der Waals surface area contributed by atoms with Crippen LogP contribution >= 0.6 is 15.9 Å². The van der Waals surface area contributed by atoms with Crippen LogP contribution in [0.5, 0.6) is 0 Å². The molecule has 2 rings (SSSR count). The molecular weight excluding hydrogens is 316 g/mol. The molecule has 0 bridgehead atoms. The van der Waals surface area contributed by atoms with Gasteiger partial charge in [0.25, 0.3) is 0 Å². The third-order valence-electron chi connectivity index (χ3n) is 3.18. The largest absolute Gasteiger partial charge is 0.383 e. The highest BCUT2D eigenvalue weighted by Gasteiger charge is 2.15. The van der Waals surface area contributed by atoms with Crippen molar-refractivity contribution < 1.29 is 0 Å². The summed E-state index contributed by atoms with van der Waals surface area (Å²) in [6.45, 7) is 2.88. The zero-order chi connectivity index (χ0) is 14.5. The van der Waals surface area contributed by atoms with Crippen LogP contribution in [-0.4, -0.2) is 9.78 Å². The number of anilines is 1. The van der Waals surface area contributed by atoms with Crippen LogP contribution in [0.3, 0.4) is 0 Å². The van der Waals surface area contributed by atoms with E-state index in [1.165, 1.54) is 0 Å². The van der Waals surface area contributed by atoms with Gasteiger partial charge in [0, 0.05) is 17.4 Å². The van der Waals surface area contributed by atoms with E-state index in [9.17, 15) is 5.26 Å². The second-order valence-corrected chi connectivity index (χ2v) is 5.61. The van der Waals surface area contributed by atoms with Gasteiger partial charge in [-0.05, 0) is 24.1 Å². The predicted molar refractivity (Wildman–Crippen MR) is 83.2 cm³/mol. The quantitative estimate of drug-likeness (QED) is 0.911. The summed E-state index contributed by atoms with van der Waals surface area (Å²) in [6.07, 6.45) is 2.71. The molecule has 0 saturated carbocycles. The molecule has 4 nitrogen and oxygen atoms in total.